The fourth-order valence-electron chi connectivity index (χ4n) is 3.26. The van der Waals surface area contributed by atoms with E-state index in [-0.39, 0.29) is 23.0 Å². The Morgan fingerprint density at radius 1 is 1.07 bits per heavy atom. The maximum atomic E-state index is 13.0. The summed E-state index contributed by atoms with van der Waals surface area (Å²) < 4.78 is 44.2. The van der Waals surface area contributed by atoms with Gasteiger partial charge in [-0.15, -0.1) is 0 Å². The quantitative estimate of drug-likeness (QED) is 0.784. The molecule has 1 aromatic heterocycles. The Kier molecular flexibility index (Phi) is 6.14. The number of carbonyl (C=O) groups is 3. The second-order valence-corrected chi connectivity index (χ2v) is 6.97. The smallest absolute Gasteiger partial charge is 0.416 e. The maximum absolute atomic E-state index is 13.0. The molecule has 0 saturated carbocycles. The normalized spacial score (nSPS) is 15.0. The Balaban J connectivity index is 1.68. The van der Waals surface area contributed by atoms with Crippen molar-refractivity contribution >= 4 is 29.1 Å². The van der Waals surface area contributed by atoms with Crippen LogP contribution in [-0.4, -0.2) is 35.7 Å². The van der Waals surface area contributed by atoms with Crippen molar-refractivity contribution in [1.29, 1.82) is 0 Å². The van der Waals surface area contributed by atoms with E-state index in [1.54, 1.807) is 17.0 Å². The molecule has 3 rings (SSSR count). The van der Waals surface area contributed by atoms with Crippen LogP contribution in [0.3, 0.4) is 0 Å². The fourth-order valence-corrected chi connectivity index (χ4v) is 3.26. The molecule has 30 heavy (non-hydrogen) atoms. The lowest BCUT2D eigenvalue weighted by atomic mass is 9.95. The van der Waals surface area contributed by atoms with Gasteiger partial charge in [-0.05, 0) is 43.2 Å². The van der Waals surface area contributed by atoms with Crippen LogP contribution in [0.15, 0.2) is 41.0 Å². The van der Waals surface area contributed by atoms with E-state index < -0.39 is 29.5 Å². The molecular weight excluding hydrogens is 403 g/mol. The Hall–Kier alpha value is -3.30. The van der Waals surface area contributed by atoms with Gasteiger partial charge in [0.25, 0.3) is 5.91 Å². The molecule has 2 heterocycles. The van der Waals surface area contributed by atoms with Crippen molar-refractivity contribution in [3.63, 3.8) is 0 Å². The molecule has 10 heteroatoms. The van der Waals surface area contributed by atoms with E-state index in [0.29, 0.717) is 25.9 Å². The third kappa shape index (κ3) is 5.00. The molecule has 1 fully saturated rings. The van der Waals surface area contributed by atoms with Gasteiger partial charge >= 0.3 is 6.18 Å². The van der Waals surface area contributed by atoms with Gasteiger partial charge in [0.1, 0.15) is 0 Å². The zero-order valence-electron chi connectivity index (χ0n) is 16.1. The molecule has 1 aliphatic rings. The molecule has 0 radical (unpaired) electrons. The second kappa shape index (κ2) is 8.60. The first-order chi connectivity index (χ1) is 14.1. The summed E-state index contributed by atoms with van der Waals surface area (Å²) in [6.07, 6.45) is -2.49. The topological polar surface area (TPSA) is 91.7 Å². The highest BCUT2D eigenvalue weighted by Gasteiger charge is 2.32. The van der Waals surface area contributed by atoms with Gasteiger partial charge in [-0.1, -0.05) is 0 Å². The number of anilines is 2. The number of furan rings is 1. The zero-order valence-corrected chi connectivity index (χ0v) is 16.1. The summed E-state index contributed by atoms with van der Waals surface area (Å²) in [4.78, 5) is 37.8. The maximum Gasteiger partial charge on any atom is 0.416 e. The number of piperidine rings is 1. The highest BCUT2D eigenvalue weighted by atomic mass is 19.4. The average Bonchev–Trinajstić information content (AvgIpc) is 3.22. The standard InChI is InChI=1S/C20H20F3N3O4/c1-12(27)24-15-5-4-14(20(21,22)23)11-16(15)25-18(28)13-6-8-26(9-7-13)19(29)17-3-2-10-30-17/h2-5,10-11,13H,6-9H2,1H3,(H,24,27)(H,25,28). The van der Waals surface area contributed by atoms with Crippen molar-refractivity contribution in [2.75, 3.05) is 23.7 Å². The van der Waals surface area contributed by atoms with Gasteiger partial charge < -0.3 is 20.0 Å². The summed E-state index contributed by atoms with van der Waals surface area (Å²) in [5.41, 5.74) is -0.987. The van der Waals surface area contributed by atoms with Gasteiger partial charge in [-0.3, -0.25) is 14.4 Å². The minimum Gasteiger partial charge on any atom is -0.459 e. The van der Waals surface area contributed by atoms with Crippen molar-refractivity contribution in [3.05, 3.63) is 47.9 Å². The summed E-state index contributed by atoms with van der Waals surface area (Å²) in [5, 5.41) is 4.91. The molecule has 0 atom stereocenters. The molecule has 0 bridgehead atoms. The van der Waals surface area contributed by atoms with Gasteiger partial charge in [-0.25, -0.2) is 0 Å². The van der Waals surface area contributed by atoms with Crippen molar-refractivity contribution in [3.8, 4) is 0 Å². The van der Waals surface area contributed by atoms with E-state index in [2.05, 4.69) is 10.6 Å². The summed E-state index contributed by atoms with van der Waals surface area (Å²) in [7, 11) is 0. The number of nitrogens with one attached hydrogen (secondary N) is 2. The predicted molar refractivity (Wildman–Crippen MR) is 102 cm³/mol. The lowest BCUT2D eigenvalue weighted by molar-refractivity contribution is -0.137. The Bertz CT molecular complexity index is 933. The fraction of sp³-hybridized carbons (Fsp3) is 0.350. The third-order valence-electron chi connectivity index (χ3n) is 4.80. The van der Waals surface area contributed by atoms with Gasteiger partial charge in [0.2, 0.25) is 11.8 Å². The van der Waals surface area contributed by atoms with Crippen LogP contribution in [0, 0.1) is 5.92 Å². The molecular formula is C20H20F3N3O4. The van der Waals surface area contributed by atoms with Crippen LogP contribution in [-0.2, 0) is 15.8 Å². The summed E-state index contributed by atoms with van der Waals surface area (Å²) >= 11 is 0. The van der Waals surface area contributed by atoms with E-state index in [0.717, 1.165) is 18.2 Å². The van der Waals surface area contributed by atoms with Gasteiger partial charge in [-0.2, -0.15) is 13.2 Å². The molecule has 1 aromatic carbocycles. The predicted octanol–water partition coefficient (Wildman–Crippen LogP) is 3.75. The molecule has 2 N–H and O–H groups in total. The molecule has 160 valence electrons. The molecule has 7 nitrogen and oxygen atoms in total. The molecule has 0 unspecified atom stereocenters. The van der Waals surface area contributed by atoms with Crippen molar-refractivity contribution in [2.45, 2.75) is 25.9 Å². The van der Waals surface area contributed by atoms with E-state index >= 15 is 0 Å². The lowest BCUT2D eigenvalue weighted by Gasteiger charge is -2.31. The van der Waals surface area contributed by atoms with Crippen molar-refractivity contribution in [1.82, 2.24) is 4.90 Å². The lowest BCUT2D eigenvalue weighted by Crippen LogP contribution is -2.41. The molecule has 0 spiro atoms. The van der Waals surface area contributed by atoms with Crippen LogP contribution >= 0.6 is 0 Å². The van der Waals surface area contributed by atoms with Crippen LogP contribution in [0.4, 0.5) is 24.5 Å². The Morgan fingerprint density at radius 3 is 2.33 bits per heavy atom. The van der Waals surface area contributed by atoms with Crippen LogP contribution in [0.2, 0.25) is 0 Å². The van der Waals surface area contributed by atoms with Crippen LogP contribution in [0.25, 0.3) is 0 Å². The summed E-state index contributed by atoms with van der Waals surface area (Å²) in [6, 6.07) is 5.89. The number of rotatable bonds is 4. The van der Waals surface area contributed by atoms with Crippen LogP contribution in [0.5, 0.6) is 0 Å². The SMILES string of the molecule is CC(=O)Nc1ccc(C(F)(F)F)cc1NC(=O)C1CCN(C(=O)c2ccco2)CC1. The van der Waals surface area contributed by atoms with Gasteiger partial charge in [0.05, 0.1) is 23.2 Å². The second-order valence-electron chi connectivity index (χ2n) is 6.97. The number of likely N-dealkylation sites (tertiary alicyclic amines) is 1. The van der Waals surface area contributed by atoms with E-state index in [4.69, 9.17) is 4.42 Å². The van der Waals surface area contributed by atoms with Crippen molar-refractivity contribution in [2.24, 2.45) is 5.92 Å². The van der Waals surface area contributed by atoms with Crippen LogP contribution in [0.1, 0.15) is 35.9 Å². The largest absolute Gasteiger partial charge is 0.459 e. The first-order valence-corrected chi connectivity index (χ1v) is 9.27. The molecule has 3 amide bonds. The third-order valence-corrected chi connectivity index (χ3v) is 4.80. The Morgan fingerprint density at radius 2 is 1.77 bits per heavy atom. The monoisotopic (exact) mass is 423 g/mol. The van der Waals surface area contributed by atoms with E-state index in [9.17, 15) is 27.6 Å². The number of alkyl halides is 3. The number of hydrogen-bond donors (Lipinski definition) is 2. The first kappa shape index (κ1) is 21.4. The highest BCUT2D eigenvalue weighted by Crippen LogP contribution is 2.34. The van der Waals surface area contributed by atoms with E-state index in [1.807, 2.05) is 0 Å². The number of hydrogen-bond acceptors (Lipinski definition) is 4. The van der Waals surface area contributed by atoms with Crippen LogP contribution < -0.4 is 10.6 Å². The summed E-state index contributed by atoms with van der Waals surface area (Å²) in [6.45, 7) is 1.85. The molecule has 0 aliphatic carbocycles. The molecule has 1 saturated heterocycles. The first-order valence-electron chi connectivity index (χ1n) is 9.27. The zero-order chi connectivity index (χ0) is 21.9. The van der Waals surface area contributed by atoms with E-state index in [1.165, 1.54) is 13.2 Å². The minimum atomic E-state index is -4.59. The van der Waals surface area contributed by atoms with Crippen molar-refractivity contribution < 1.29 is 32.0 Å². The highest BCUT2D eigenvalue weighted by molar-refractivity contribution is 6.00. The summed E-state index contributed by atoms with van der Waals surface area (Å²) in [5.74, 6) is -1.49. The average molecular weight is 423 g/mol. The van der Waals surface area contributed by atoms with Gasteiger partial charge in [0, 0.05) is 25.9 Å². The molecule has 1 aliphatic heterocycles. The minimum absolute atomic E-state index is 0.0780. The number of amides is 3. The number of halogens is 3. The number of nitrogens with zero attached hydrogens (tertiary/aromatic N) is 1. The number of benzene rings is 1. The Labute approximate surface area is 170 Å². The number of carbonyl (C=O) groups excluding carboxylic acids is 3. The van der Waals surface area contributed by atoms with Gasteiger partial charge in [0.15, 0.2) is 5.76 Å². The molecule has 2 aromatic rings.